The monoisotopic (exact) mass is 296 g/mol. The minimum atomic E-state index is -0.949. The third kappa shape index (κ3) is 3.11. The maximum absolute atomic E-state index is 11.7. The third-order valence-corrected chi connectivity index (χ3v) is 4.06. The van der Waals surface area contributed by atoms with Gasteiger partial charge >= 0.3 is 5.97 Å². The Morgan fingerprint density at radius 2 is 2.29 bits per heavy atom. The highest BCUT2D eigenvalue weighted by Gasteiger charge is 2.48. The minimum absolute atomic E-state index is 0.104. The Kier molecular flexibility index (Phi) is 4.39. The van der Waals surface area contributed by atoms with Crippen LogP contribution >= 0.6 is 0 Å². The molecule has 1 unspecified atom stereocenters. The molecule has 0 amide bonds. The molecule has 2 rings (SSSR count). The van der Waals surface area contributed by atoms with E-state index in [0.717, 1.165) is 24.4 Å². The Hall–Kier alpha value is -1.40. The quantitative estimate of drug-likeness (QED) is 0.896. The lowest BCUT2D eigenvalue weighted by Crippen LogP contribution is -2.53. The molecule has 0 aliphatic carbocycles. The standard InChI is InChI=1S/C15H24N2O4/c1-14(2,3)12-8-11(16-21-12)9-17-7-5-6-15(17,10-20-4)13(18)19/h8H,5-7,9-10H2,1-4H3,(H,18,19). The molecule has 1 saturated heterocycles. The first-order chi connectivity index (χ1) is 9.79. The maximum Gasteiger partial charge on any atom is 0.326 e. The molecule has 1 aliphatic heterocycles. The molecule has 1 aliphatic rings. The van der Waals surface area contributed by atoms with Crippen molar-refractivity contribution in [3.8, 4) is 0 Å². The summed E-state index contributed by atoms with van der Waals surface area (Å²) in [6, 6.07) is 1.91. The number of carbonyl (C=O) groups is 1. The molecule has 1 atom stereocenters. The molecule has 1 aromatic rings. The van der Waals surface area contributed by atoms with Crippen molar-refractivity contribution in [2.24, 2.45) is 0 Å². The van der Waals surface area contributed by atoms with Crippen LogP contribution in [-0.4, -0.2) is 46.9 Å². The van der Waals surface area contributed by atoms with E-state index in [-0.39, 0.29) is 12.0 Å². The van der Waals surface area contributed by atoms with Gasteiger partial charge in [-0.25, -0.2) is 0 Å². The van der Waals surface area contributed by atoms with Crippen molar-refractivity contribution in [1.82, 2.24) is 10.1 Å². The second-order valence-corrected chi connectivity index (χ2v) is 6.73. The highest BCUT2D eigenvalue weighted by molar-refractivity contribution is 5.79. The topological polar surface area (TPSA) is 75.8 Å². The van der Waals surface area contributed by atoms with E-state index in [4.69, 9.17) is 9.26 Å². The molecular weight excluding hydrogens is 272 g/mol. The predicted octanol–water partition coefficient (Wildman–Crippen LogP) is 2.04. The molecule has 6 heteroatoms. The highest BCUT2D eigenvalue weighted by Crippen LogP contribution is 2.32. The van der Waals surface area contributed by atoms with Crippen LogP contribution in [0.5, 0.6) is 0 Å². The van der Waals surface area contributed by atoms with E-state index in [2.05, 4.69) is 25.9 Å². The fraction of sp³-hybridized carbons (Fsp3) is 0.733. The molecule has 1 fully saturated rings. The number of carboxylic acids is 1. The molecule has 0 aromatic carbocycles. The summed E-state index contributed by atoms with van der Waals surface area (Å²) in [4.78, 5) is 13.6. The molecule has 1 N–H and O–H groups in total. The summed E-state index contributed by atoms with van der Waals surface area (Å²) < 4.78 is 10.5. The molecule has 6 nitrogen and oxygen atoms in total. The van der Waals surface area contributed by atoms with E-state index in [1.54, 1.807) is 0 Å². The van der Waals surface area contributed by atoms with E-state index in [0.29, 0.717) is 13.0 Å². The molecule has 0 spiro atoms. The van der Waals surface area contributed by atoms with Crippen LogP contribution < -0.4 is 0 Å². The van der Waals surface area contributed by atoms with E-state index < -0.39 is 11.5 Å². The number of aliphatic carboxylic acids is 1. The van der Waals surface area contributed by atoms with Gasteiger partial charge in [0.05, 0.1) is 12.3 Å². The molecule has 0 saturated carbocycles. The number of likely N-dealkylation sites (tertiary alicyclic amines) is 1. The van der Waals surface area contributed by atoms with Gasteiger partial charge in [-0.2, -0.15) is 0 Å². The number of hydrogen-bond acceptors (Lipinski definition) is 5. The summed E-state index contributed by atoms with van der Waals surface area (Å²) in [6.07, 6.45) is 1.44. The van der Waals surface area contributed by atoms with Gasteiger partial charge in [0, 0.05) is 25.1 Å². The average Bonchev–Trinajstić information content (AvgIpc) is 2.98. The smallest absolute Gasteiger partial charge is 0.326 e. The van der Waals surface area contributed by atoms with Crippen molar-refractivity contribution in [3.05, 3.63) is 17.5 Å². The van der Waals surface area contributed by atoms with E-state index >= 15 is 0 Å². The summed E-state index contributed by atoms with van der Waals surface area (Å²) in [5.74, 6) is -0.0225. The zero-order valence-electron chi connectivity index (χ0n) is 13.2. The van der Waals surface area contributed by atoms with Crippen LogP contribution in [0.15, 0.2) is 10.6 Å². The lowest BCUT2D eigenvalue weighted by atomic mass is 9.93. The summed E-state index contributed by atoms with van der Waals surface area (Å²) >= 11 is 0. The van der Waals surface area contributed by atoms with E-state index in [1.165, 1.54) is 7.11 Å². The molecule has 118 valence electrons. The van der Waals surface area contributed by atoms with Crippen LogP contribution in [0.1, 0.15) is 45.1 Å². The van der Waals surface area contributed by atoms with E-state index in [1.807, 2.05) is 11.0 Å². The van der Waals surface area contributed by atoms with Gasteiger partial charge < -0.3 is 14.4 Å². The first-order valence-corrected chi connectivity index (χ1v) is 7.23. The lowest BCUT2D eigenvalue weighted by molar-refractivity contribution is -0.153. The molecule has 21 heavy (non-hydrogen) atoms. The molecule has 0 radical (unpaired) electrons. The van der Waals surface area contributed by atoms with Crippen LogP contribution in [0.3, 0.4) is 0 Å². The van der Waals surface area contributed by atoms with Crippen LogP contribution in [0, 0.1) is 0 Å². The summed E-state index contributed by atoms with van der Waals surface area (Å²) in [5.41, 5.74) is -0.286. The van der Waals surface area contributed by atoms with Gasteiger partial charge in [-0.15, -0.1) is 0 Å². The number of hydrogen-bond donors (Lipinski definition) is 1. The van der Waals surface area contributed by atoms with Gasteiger partial charge in [0.2, 0.25) is 0 Å². The lowest BCUT2D eigenvalue weighted by Gasteiger charge is -2.33. The normalized spacial score (nSPS) is 23.6. The molecule has 0 bridgehead atoms. The van der Waals surface area contributed by atoms with Crippen molar-refractivity contribution in [1.29, 1.82) is 0 Å². The zero-order chi connectivity index (χ0) is 15.7. The number of carboxylic acid groups (broad SMARTS) is 1. The van der Waals surface area contributed by atoms with Crippen LogP contribution in [-0.2, 0) is 21.5 Å². The van der Waals surface area contributed by atoms with Crippen LogP contribution in [0.4, 0.5) is 0 Å². The number of ether oxygens (including phenoxy) is 1. The second-order valence-electron chi connectivity index (χ2n) is 6.73. The van der Waals surface area contributed by atoms with Gasteiger partial charge in [0.15, 0.2) is 0 Å². The van der Waals surface area contributed by atoms with Gasteiger partial charge in [-0.05, 0) is 19.4 Å². The fourth-order valence-electron chi connectivity index (χ4n) is 2.81. The Morgan fingerprint density at radius 3 is 2.81 bits per heavy atom. The number of rotatable bonds is 5. The Labute approximate surface area is 125 Å². The summed E-state index contributed by atoms with van der Waals surface area (Å²) in [6.45, 7) is 7.55. The molecule has 1 aromatic heterocycles. The number of methoxy groups -OCH3 is 1. The van der Waals surface area contributed by atoms with Gasteiger partial charge in [-0.3, -0.25) is 9.69 Å². The van der Waals surface area contributed by atoms with Crippen molar-refractivity contribution >= 4 is 5.97 Å². The molecule has 2 heterocycles. The third-order valence-electron chi connectivity index (χ3n) is 4.06. The number of aromatic nitrogens is 1. The Bertz CT molecular complexity index is 506. The van der Waals surface area contributed by atoms with Gasteiger partial charge in [-0.1, -0.05) is 25.9 Å². The van der Waals surface area contributed by atoms with Crippen molar-refractivity contribution < 1.29 is 19.2 Å². The number of nitrogens with zero attached hydrogens (tertiary/aromatic N) is 2. The molecular formula is C15H24N2O4. The van der Waals surface area contributed by atoms with Crippen molar-refractivity contribution in [2.75, 3.05) is 20.3 Å². The second kappa shape index (κ2) is 5.77. The summed E-state index contributed by atoms with van der Waals surface area (Å²) in [7, 11) is 1.54. The average molecular weight is 296 g/mol. The predicted molar refractivity (Wildman–Crippen MR) is 77.1 cm³/mol. The van der Waals surface area contributed by atoms with Gasteiger partial charge in [0.1, 0.15) is 11.3 Å². The first kappa shape index (κ1) is 16.0. The Morgan fingerprint density at radius 1 is 1.57 bits per heavy atom. The van der Waals surface area contributed by atoms with Crippen molar-refractivity contribution in [2.45, 2.75) is 51.1 Å². The minimum Gasteiger partial charge on any atom is -0.480 e. The van der Waals surface area contributed by atoms with Crippen molar-refractivity contribution in [3.63, 3.8) is 0 Å². The summed E-state index contributed by atoms with van der Waals surface area (Å²) in [5, 5.41) is 13.7. The highest BCUT2D eigenvalue weighted by atomic mass is 16.5. The zero-order valence-corrected chi connectivity index (χ0v) is 13.2. The fourth-order valence-corrected chi connectivity index (χ4v) is 2.81. The van der Waals surface area contributed by atoms with Crippen LogP contribution in [0.25, 0.3) is 0 Å². The first-order valence-electron chi connectivity index (χ1n) is 7.23. The Balaban J connectivity index is 2.17. The maximum atomic E-state index is 11.7. The SMILES string of the molecule is COCC1(C(=O)O)CCCN1Cc1cc(C(C)(C)C)on1. The van der Waals surface area contributed by atoms with Gasteiger partial charge in [0.25, 0.3) is 0 Å². The van der Waals surface area contributed by atoms with Crippen LogP contribution in [0.2, 0.25) is 0 Å². The van der Waals surface area contributed by atoms with E-state index in [9.17, 15) is 9.90 Å². The largest absolute Gasteiger partial charge is 0.480 e.